The Morgan fingerprint density at radius 3 is 2.82 bits per heavy atom. The minimum Gasteiger partial charge on any atom is -0.357 e. The lowest BCUT2D eigenvalue weighted by Gasteiger charge is -2.27. The third-order valence-electron chi connectivity index (χ3n) is 3.84. The van der Waals surface area contributed by atoms with E-state index in [-0.39, 0.29) is 0 Å². The predicted octanol–water partition coefficient (Wildman–Crippen LogP) is 2.51. The van der Waals surface area contributed by atoms with E-state index in [0.717, 1.165) is 24.5 Å². The summed E-state index contributed by atoms with van der Waals surface area (Å²) in [5.74, 6) is 1.97. The summed E-state index contributed by atoms with van der Waals surface area (Å²) >= 11 is 0. The summed E-state index contributed by atoms with van der Waals surface area (Å²) < 4.78 is 5.28. The van der Waals surface area contributed by atoms with Crippen molar-refractivity contribution in [3.63, 3.8) is 0 Å². The van der Waals surface area contributed by atoms with Crippen LogP contribution in [-0.2, 0) is 0 Å². The van der Waals surface area contributed by atoms with Crippen LogP contribution in [0.4, 0.5) is 5.82 Å². The molecule has 7 nitrogen and oxygen atoms in total. The van der Waals surface area contributed by atoms with E-state index < -0.39 is 0 Å². The van der Waals surface area contributed by atoms with Gasteiger partial charge in [-0.25, -0.2) is 4.98 Å². The number of rotatable bonds is 3. The Bertz CT molecular complexity index is 745. The fourth-order valence-corrected chi connectivity index (χ4v) is 2.68. The Hall–Kier alpha value is -2.70. The highest BCUT2D eigenvalue weighted by atomic mass is 16.5. The van der Waals surface area contributed by atoms with Gasteiger partial charge in [-0.15, -0.1) is 0 Å². The molecule has 0 spiro atoms. The van der Waals surface area contributed by atoms with Crippen molar-refractivity contribution in [2.75, 3.05) is 18.0 Å². The van der Waals surface area contributed by atoms with Crippen molar-refractivity contribution in [1.29, 1.82) is 0 Å². The molecular formula is C15H16N6O. The molecule has 1 aliphatic heterocycles. The fourth-order valence-electron chi connectivity index (χ4n) is 2.68. The van der Waals surface area contributed by atoms with Crippen LogP contribution in [0.3, 0.4) is 0 Å². The molecule has 1 saturated heterocycles. The molecule has 7 heteroatoms. The van der Waals surface area contributed by atoms with Crippen molar-refractivity contribution in [3.05, 3.63) is 30.6 Å². The maximum absolute atomic E-state index is 5.28. The zero-order chi connectivity index (χ0) is 14.8. The van der Waals surface area contributed by atoms with Gasteiger partial charge in [0.1, 0.15) is 11.5 Å². The van der Waals surface area contributed by atoms with Crippen LogP contribution in [0.1, 0.15) is 19.3 Å². The van der Waals surface area contributed by atoms with Gasteiger partial charge in [-0.2, -0.15) is 10.1 Å². The maximum Gasteiger partial charge on any atom is 0.276 e. The highest BCUT2D eigenvalue weighted by molar-refractivity contribution is 5.61. The average Bonchev–Trinajstić information content (AvgIpc) is 3.27. The average molecular weight is 296 g/mol. The molecule has 22 heavy (non-hydrogen) atoms. The minimum absolute atomic E-state index is 0.434. The maximum atomic E-state index is 5.28. The topological polar surface area (TPSA) is 83.7 Å². The van der Waals surface area contributed by atoms with Crippen LogP contribution in [0.25, 0.3) is 23.0 Å². The summed E-state index contributed by atoms with van der Waals surface area (Å²) in [5, 5.41) is 10.7. The first kappa shape index (κ1) is 13.0. The number of pyridine rings is 1. The molecule has 4 heterocycles. The Balaban J connectivity index is 1.62. The van der Waals surface area contributed by atoms with Crippen LogP contribution in [0.2, 0.25) is 0 Å². The monoisotopic (exact) mass is 296 g/mol. The third-order valence-corrected chi connectivity index (χ3v) is 3.84. The van der Waals surface area contributed by atoms with E-state index in [1.165, 1.54) is 19.3 Å². The van der Waals surface area contributed by atoms with E-state index in [1.54, 1.807) is 18.5 Å². The first-order valence-electron chi connectivity index (χ1n) is 7.45. The van der Waals surface area contributed by atoms with Gasteiger partial charge in [0.25, 0.3) is 5.89 Å². The zero-order valence-corrected chi connectivity index (χ0v) is 12.1. The highest BCUT2D eigenvalue weighted by Crippen LogP contribution is 2.24. The van der Waals surface area contributed by atoms with Crippen LogP contribution in [0.5, 0.6) is 0 Å². The molecule has 0 atom stereocenters. The van der Waals surface area contributed by atoms with E-state index in [9.17, 15) is 0 Å². The van der Waals surface area contributed by atoms with Crippen molar-refractivity contribution >= 4 is 5.82 Å². The van der Waals surface area contributed by atoms with Gasteiger partial charge in [0.15, 0.2) is 0 Å². The van der Waals surface area contributed by atoms with Gasteiger partial charge < -0.3 is 9.42 Å². The quantitative estimate of drug-likeness (QED) is 0.799. The molecule has 0 bridgehead atoms. The Morgan fingerprint density at radius 2 is 2.00 bits per heavy atom. The number of aromatic amines is 1. The molecule has 0 aliphatic carbocycles. The Labute approximate surface area is 127 Å². The summed E-state index contributed by atoms with van der Waals surface area (Å²) in [6.45, 7) is 2.12. The number of anilines is 1. The largest absolute Gasteiger partial charge is 0.357 e. The van der Waals surface area contributed by atoms with Crippen molar-refractivity contribution in [2.24, 2.45) is 0 Å². The van der Waals surface area contributed by atoms with E-state index in [1.807, 2.05) is 12.1 Å². The summed E-state index contributed by atoms with van der Waals surface area (Å²) in [4.78, 5) is 11.2. The molecule has 1 N–H and O–H groups in total. The van der Waals surface area contributed by atoms with E-state index in [4.69, 9.17) is 4.52 Å². The number of H-pyrrole nitrogens is 1. The molecular weight excluding hydrogens is 280 g/mol. The number of piperidine rings is 1. The second-order valence-corrected chi connectivity index (χ2v) is 5.34. The summed E-state index contributed by atoms with van der Waals surface area (Å²) in [5.41, 5.74) is 1.62. The van der Waals surface area contributed by atoms with E-state index in [2.05, 4.69) is 30.2 Å². The van der Waals surface area contributed by atoms with Gasteiger partial charge in [0, 0.05) is 31.0 Å². The number of hydrogen-bond acceptors (Lipinski definition) is 6. The number of nitrogens with one attached hydrogen (secondary N) is 1. The van der Waals surface area contributed by atoms with Crippen molar-refractivity contribution in [1.82, 2.24) is 25.3 Å². The molecule has 0 saturated carbocycles. The lowest BCUT2D eigenvalue weighted by atomic mass is 10.1. The smallest absolute Gasteiger partial charge is 0.276 e. The normalized spacial score (nSPS) is 15.2. The zero-order valence-electron chi connectivity index (χ0n) is 12.1. The van der Waals surface area contributed by atoms with Crippen molar-refractivity contribution in [3.8, 4) is 23.0 Å². The van der Waals surface area contributed by atoms with Gasteiger partial charge in [-0.3, -0.25) is 5.10 Å². The first-order chi connectivity index (χ1) is 10.9. The Kier molecular flexibility index (Phi) is 3.30. The fraction of sp³-hybridized carbons (Fsp3) is 0.333. The van der Waals surface area contributed by atoms with Gasteiger partial charge in [-0.1, -0.05) is 5.16 Å². The van der Waals surface area contributed by atoms with Crippen LogP contribution in [-0.4, -0.2) is 38.4 Å². The van der Waals surface area contributed by atoms with Gasteiger partial charge in [0.2, 0.25) is 5.82 Å². The summed E-state index contributed by atoms with van der Waals surface area (Å²) in [7, 11) is 0. The highest BCUT2D eigenvalue weighted by Gasteiger charge is 2.15. The van der Waals surface area contributed by atoms with Crippen LogP contribution >= 0.6 is 0 Å². The van der Waals surface area contributed by atoms with Gasteiger partial charge in [0.05, 0.1) is 0 Å². The molecule has 1 aliphatic rings. The lowest BCUT2D eigenvalue weighted by molar-refractivity contribution is 0.431. The molecule has 3 aromatic rings. The van der Waals surface area contributed by atoms with Gasteiger partial charge in [-0.05, 0) is 37.5 Å². The lowest BCUT2D eigenvalue weighted by Crippen LogP contribution is -2.30. The second-order valence-electron chi connectivity index (χ2n) is 5.34. The molecule has 112 valence electrons. The van der Waals surface area contributed by atoms with Crippen LogP contribution < -0.4 is 4.90 Å². The van der Waals surface area contributed by atoms with E-state index >= 15 is 0 Å². The molecule has 0 amide bonds. The summed E-state index contributed by atoms with van der Waals surface area (Å²) in [6.07, 6.45) is 7.19. The third kappa shape index (κ3) is 2.45. The molecule has 0 aromatic carbocycles. The molecule has 3 aromatic heterocycles. The first-order valence-corrected chi connectivity index (χ1v) is 7.45. The van der Waals surface area contributed by atoms with Crippen molar-refractivity contribution in [2.45, 2.75) is 19.3 Å². The molecule has 0 radical (unpaired) electrons. The van der Waals surface area contributed by atoms with Crippen molar-refractivity contribution < 1.29 is 4.52 Å². The summed E-state index contributed by atoms with van der Waals surface area (Å²) in [6, 6.07) is 5.71. The predicted molar refractivity (Wildman–Crippen MR) is 81.2 cm³/mol. The van der Waals surface area contributed by atoms with E-state index in [0.29, 0.717) is 17.4 Å². The Morgan fingerprint density at radius 1 is 1.09 bits per heavy atom. The minimum atomic E-state index is 0.434. The van der Waals surface area contributed by atoms with Crippen LogP contribution in [0.15, 0.2) is 35.1 Å². The molecule has 1 fully saturated rings. The standard InChI is InChI=1S/C15H16N6O/c1-2-8-21(9-3-1)13-10-11(4-6-16-13)14-18-15(22-20-14)12-5-7-17-19-12/h4-7,10H,1-3,8-9H2,(H,17,19). The number of nitrogens with zero attached hydrogens (tertiary/aromatic N) is 5. The van der Waals surface area contributed by atoms with Gasteiger partial charge >= 0.3 is 0 Å². The van der Waals surface area contributed by atoms with Crippen LogP contribution in [0, 0.1) is 0 Å². The molecule has 4 rings (SSSR count). The molecule has 0 unspecified atom stereocenters. The second kappa shape index (κ2) is 5.59. The number of aromatic nitrogens is 5. The number of hydrogen-bond donors (Lipinski definition) is 1. The SMILES string of the molecule is c1cc(-c2nc(-c3ccnc(N4CCCCC4)c3)no2)[nH]n1.